The van der Waals surface area contributed by atoms with E-state index in [1.807, 2.05) is 25.8 Å². The van der Waals surface area contributed by atoms with Gasteiger partial charge in [0.05, 0.1) is 16.9 Å². The number of ketones is 1. The third-order valence-corrected chi connectivity index (χ3v) is 4.41. The molecule has 164 valence electrons. The Labute approximate surface area is 174 Å². The molecule has 0 spiro atoms. The molecule has 0 aromatic heterocycles. The molecule has 0 saturated heterocycles. The van der Waals surface area contributed by atoms with Crippen LogP contribution in [-0.4, -0.2) is 54.5 Å². The number of carbonyl (C=O) groups is 2. The Balaban J connectivity index is 2.46. The van der Waals surface area contributed by atoms with Crippen LogP contribution in [0.15, 0.2) is 24.0 Å². The number of hydrogen-bond acceptors (Lipinski definition) is 8. The van der Waals surface area contributed by atoms with Gasteiger partial charge >= 0.3 is 5.97 Å². The molecule has 1 aromatic rings. The van der Waals surface area contributed by atoms with Gasteiger partial charge in [0.25, 0.3) is 0 Å². The number of anilines is 3. The molecule has 0 fully saturated rings. The van der Waals surface area contributed by atoms with E-state index in [2.05, 4.69) is 10.6 Å². The highest BCUT2D eigenvalue weighted by Crippen LogP contribution is 2.45. The molecule has 1 aliphatic rings. The van der Waals surface area contributed by atoms with E-state index in [1.54, 1.807) is 6.20 Å². The molecule has 1 aliphatic heterocycles. The molecule has 2 bridgehead atoms. The van der Waals surface area contributed by atoms with E-state index in [-0.39, 0.29) is 35.3 Å². The van der Waals surface area contributed by atoms with Crippen molar-refractivity contribution in [3.63, 3.8) is 0 Å². The zero-order chi connectivity index (χ0) is 22.4. The fourth-order valence-corrected chi connectivity index (χ4v) is 3.07. The lowest BCUT2D eigenvalue weighted by molar-refractivity contribution is -0.132. The van der Waals surface area contributed by atoms with Crippen LogP contribution in [0.25, 0.3) is 0 Å². The summed E-state index contributed by atoms with van der Waals surface area (Å²) in [6, 6.07) is -0.148. The van der Waals surface area contributed by atoms with E-state index in [4.69, 9.17) is 16.2 Å². The van der Waals surface area contributed by atoms with Gasteiger partial charge in [-0.1, -0.05) is 0 Å². The predicted molar refractivity (Wildman–Crippen MR) is 114 cm³/mol. The van der Waals surface area contributed by atoms with Crippen LogP contribution in [0.2, 0.25) is 0 Å². The second-order valence-corrected chi connectivity index (χ2v) is 7.15. The maximum Gasteiger partial charge on any atom is 0.339 e. The maximum absolute atomic E-state index is 15.1. The highest BCUT2D eigenvalue weighted by Gasteiger charge is 2.33. The topological polar surface area (TPSA) is 143 Å². The quantitative estimate of drug-likeness (QED) is 0.230. The van der Waals surface area contributed by atoms with Gasteiger partial charge in [0, 0.05) is 38.6 Å². The number of fused-ring (bicyclic) bond motifs is 2. The number of nitrogens with one attached hydrogen (secondary N) is 2. The highest BCUT2D eigenvalue weighted by molar-refractivity contribution is 6.28. The summed E-state index contributed by atoms with van der Waals surface area (Å²) in [6.45, 7) is 4.52. The van der Waals surface area contributed by atoms with Gasteiger partial charge in [0.2, 0.25) is 5.78 Å². The van der Waals surface area contributed by atoms with Crippen molar-refractivity contribution in [1.82, 2.24) is 4.90 Å². The highest BCUT2D eigenvalue weighted by atomic mass is 19.1. The van der Waals surface area contributed by atoms with Gasteiger partial charge in [-0.3, -0.25) is 4.79 Å². The van der Waals surface area contributed by atoms with Crippen LogP contribution >= 0.6 is 0 Å². The lowest BCUT2D eigenvalue weighted by atomic mass is 9.96. The average molecular weight is 421 g/mol. The molecule has 0 atom stereocenters. The molecular weight excluding hydrogens is 393 g/mol. The number of Topliss-reactive ketones (excluding diaryl/α,β-unsaturated/α-hetero) is 1. The van der Waals surface area contributed by atoms with E-state index in [1.165, 1.54) is 6.20 Å². The summed E-state index contributed by atoms with van der Waals surface area (Å²) < 4.78 is 20.8. The predicted octanol–water partition coefficient (Wildman–Crippen LogP) is 1.98. The number of nitrogens with two attached hydrogens (primary N) is 2. The fraction of sp³-hybridized carbons (Fsp3) is 0.400. The van der Waals surface area contributed by atoms with E-state index in [0.717, 1.165) is 6.08 Å². The van der Waals surface area contributed by atoms with Crippen molar-refractivity contribution in [2.24, 2.45) is 5.73 Å². The van der Waals surface area contributed by atoms with Crippen LogP contribution in [0.1, 0.15) is 30.6 Å². The Morgan fingerprint density at radius 2 is 2.13 bits per heavy atom. The van der Waals surface area contributed by atoms with Crippen molar-refractivity contribution in [3.8, 4) is 5.75 Å². The summed E-state index contributed by atoms with van der Waals surface area (Å²) in [4.78, 5) is 26.2. The molecule has 7 N–H and O–H groups in total. The third kappa shape index (κ3) is 4.94. The number of carbonyl (C=O) groups excluding carboxylic acids is 1. The van der Waals surface area contributed by atoms with E-state index in [0.29, 0.717) is 19.5 Å². The monoisotopic (exact) mass is 421 g/mol. The van der Waals surface area contributed by atoms with Crippen molar-refractivity contribution in [1.29, 1.82) is 0 Å². The van der Waals surface area contributed by atoms with Gasteiger partial charge < -0.3 is 36.8 Å². The molecule has 1 aromatic carbocycles. The Hall–Kier alpha value is -3.43. The molecule has 1 heterocycles. The number of ether oxygens (including phenoxy) is 1. The van der Waals surface area contributed by atoms with Crippen molar-refractivity contribution in [2.45, 2.75) is 26.3 Å². The summed E-state index contributed by atoms with van der Waals surface area (Å²) in [5.74, 6) is -3.06. The summed E-state index contributed by atoms with van der Waals surface area (Å²) in [6.07, 6.45) is 4.96. The molecule has 0 radical (unpaired) electrons. The summed E-state index contributed by atoms with van der Waals surface area (Å²) >= 11 is 0. The first kappa shape index (κ1) is 22.9. The third-order valence-electron chi connectivity index (χ3n) is 4.41. The Kier molecular flexibility index (Phi) is 7.51. The first-order valence-electron chi connectivity index (χ1n) is 9.53. The number of halogens is 1. The Morgan fingerprint density at radius 3 is 2.73 bits per heavy atom. The van der Waals surface area contributed by atoms with Crippen LogP contribution in [0.5, 0.6) is 5.75 Å². The molecule has 0 saturated carbocycles. The second-order valence-electron chi connectivity index (χ2n) is 7.15. The molecular formula is C20H28FN5O4. The average Bonchev–Trinajstić information content (AvgIpc) is 2.65. The lowest BCUT2D eigenvalue weighted by Crippen LogP contribution is -2.24. The fourth-order valence-electron chi connectivity index (χ4n) is 3.07. The molecule has 9 nitrogen and oxygen atoms in total. The minimum absolute atomic E-state index is 0.0244. The van der Waals surface area contributed by atoms with Crippen molar-refractivity contribution in [2.75, 3.05) is 43.1 Å². The van der Waals surface area contributed by atoms with Crippen LogP contribution in [-0.2, 0) is 4.79 Å². The van der Waals surface area contributed by atoms with Gasteiger partial charge in [-0.05, 0) is 26.3 Å². The van der Waals surface area contributed by atoms with Gasteiger partial charge in [-0.2, -0.15) is 0 Å². The van der Waals surface area contributed by atoms with E-state index >= 15 is 4.39 Å². The molecule has 30 heavy (non-hydrogen) atoms. The SMILES string of the molecule is CC(C)Nc1c2c(NCCCN(C)/C=C\N)c(F)c(N)c1C(=O)/C(C(=O)O)=C\CO2. The summed E-state index contributed by atoms with van der Waals surface area (Å²) in [7, 11) is 1.86. The number of carboxylic acids is 1. The number of aliphatic carboxylic acids is 1. The minimum atomic E-state index is -1.43. The molecule has 2 rings (SSSR count). The van der Waals surface area contributed by atoms with Crippen molar-refractivity contribution >= 4 is 28.8 Å². The number of hydrogen-bond donors (Lipinski definition) is 5. The second kappa shape index (κ2) is 9.86. The van der Waals surface area contributed by atoms with Gasteiger partial charge in [-0.15, -0.1) is 0 Å². The zero-order valence-electron chi connectivity index (χ0n) is 17.3. The molecule has 0 aliphatic carbocycles. The number of nitrogen functional groups attached to an aromatic ring is 1. The molecule has 0 unspecified atom stereocenters. The number of rotatable bonds is 9. The standard InChI is InChI=1S/C20H28FN5O4/c1-11(2)25-16-13-15(23)14(21)17(24-7-4-8-26(3)9-6-22)19(16)30-10-5-12(18(13)27)20(28)29/h5-6,9,11,24-25H,4,7-8,10,22-23H2,1-3H3,(H,28,29)/b9-6-,12-5+. The molecule has 0 amide bonds. The smallest absolute Gasteiger partial charge is 0.339 e. The van der Waals surface area contributed by atoms with Crippen LogP contribution < -0.4 is 26.8 Å². The van der Waals surface area contributed by atoms with E-state index in [9.17, 15) is 14.7 Å². The van der Waals surface area contributed by atoms with Crippen LogP contribution in [0.3, 0.4) is 0 Å². The van der Waals surface area contributed by atoms with Crippen LogP contribution in [0, 0.1) is 5.82 Å². The van der Waals surface area contributed by atoms with Crippen molar-refractivity contribution < 1.29 is 23.8 Å². The first-order valence-corrected chi connectivity index (χ1v) is 9.53. The van der Waals surface area contributed by atoms with Gasteiger partial charge in [-0.25, -0.2) is 9.18 Å². The van der Waals surface area contributed by atoms with Crippen LogP contribution in [0.4, 0.5) is 21.5 Å². The Morgan fingerprint density at radius 1 is 1.43 bits per heavy atom. The summed E-state index contributed by atoms with van der Waals surface area (Å²) in [5, 5.41) is 15.4. The number of nitrogens with zero attached hydrogens (tertiary/aromatic N) is 1. The minimum Gasteiger partial charge on any atom is -0.485 e. The van der Waals surface area contributed by atoms with Crippen molar-refractivity contribution in [3.05, 3.63) is 35.4 Å². The van der Waals surface area contributed by atoms with E-state index < -0.39 is 28.8 Å². The van der Waals surface area contributed by atoms with Gasteiger partial charge in [0.15, 0.2) is 11.6 Å². The lowest BCUT2D eigenvalue weighted by Gasteiger charge is -2.25. The number of carboxylic acid groups (broad SMARTS) is 1. The molecule has 10 heteroatoms. The maximum atomic E-state index is 15.1. The zero-order valence-corrected chi connectivity index (χ0v) is 17.3. The van der Waals surface area contributed by atoms with Gasteiger partial charge in [0.1, 0.15) is 17.9 Å². The normalized spacial score (nSPS) is 15.2. The first-order chi connectivity index (χ1) is 14.2. The Bertz CT molecular complexity index is 883. The summed E-state index contributed by atoms with van der Waals surface area (Å²) in [5.41, 5.74) is 10.3. The number of benzene rings is 1. The largest absolute Gasteiger partial charge is 0.485 e.